The normalized spacial score (nSPS) is 23.2. The van der Waals surface area contributed by atoms with Crippen LogP contribution in [0, 0.1) is 5.92 Å². The van der Waals surface area contributed by atoms with Gasteiger partial charge in [-0.05, 0) is 0 Å². The second kappa shape index (κ2) is 3.53. The van der Waals surface area contributed by atoms with Gasteiger partial charge in [-0.25, -0.2) is 0 Å². The third-order valence-corrected chi connectivity index (χ3v) is 1.96. The van der Waals surface area contributed by atoms with Gasteiger partial charge in [0.1, 0.15) is 0 Å². The molecule has 0 aromatic heterocycles. The Kier molecular flexibility index (Phi) is 2.65. The fourth-order valence-corrected chi connectivity index (χ4v) is 1.31. The number of aliphatic carboxylic acids is 1. The molecule has 1 rings (SSSR count). The van der Waals surface area contributed by atoms with Crippen LogP contribution in [0.4, 0.5) is 0 Å². The number of rotatable bonds is 3. The van der Waals surface area contributed by atoms with Gasteiger partial charge in [0.25, 0.3) is 0 Å². The molecule has 12 heavy (non-hydrogen) atoms. The summed E-state index contributed by atoms with van der Waals surface area (Å²) >= 11 is 0. The Morgan fingerprint density at radius 2 is 2.42 bits per heavy atom. The highest BCUT2D eigenvalue weighted by molar-refractivity contribution is 5.86. The van der Waals surface area contributed by atoms with Crippen molar-refractivity contribution in [3.05, 3.63) is 0 Å². The van der Waals surface area contributed by atoms with Crippen LogP contribution in [0.3, 0.4) is 0 Å². The van der Waals surface area contributed by atoms with Crippen LogP contribution in [0.2, 0.25) is 0 Å². The van der Waals surface area contributed by atoms with E-state index < -0.39 is 11.9 Å². The van der Waals surface area contributed by atoms with Crippen molar-refractivity contribution in [3.8, 4) is 0 Å². The van der Waals surface area contributed by atoms with Crippen molar-refractivity contribution < 1.29 is 14.7 Å². The maximum absolute atomic E-state index is 11.1. The summed E-state index contributed by atoms with van der Waals surface area (Å²) in [5, 5.41) is 8.61. The minimum Gasteiger partial charge on any atom is -0.481 e. The summed E-state index contributed by atoms with van der Waals surface area (Å²) in [6.45, 7) is 1.16. The molecule has 0 aromatic rings. The molecule has 0 bridgehead atoms. The average Bonchev–Trinajstić information content (AvgIpc) is 2.34. The van der Waals surface area contributed by atoms with E-state index in [-0.39, 0.29) is 12.3 Å². The van der Waals surface area contributed by atoms with E-state index in [9.17, 15) is 9.59 Å². The van der Waals surface area contributed by atoms with Crippen LogP contribution in [-0.2, 0) is 9.59 Å². The van der Waals surface area contributed by atoms with Crippen LogP contribution >= 0.6 is 0 Å². The van der Waals surface area contributed by atoms with Crippen LogP contribution in [0.15, 0.2) is 0 Å². The second-order valence-electron chi connectivity index (χ2n) is 2.87. The molecular formula is C7H12N2O3. The number of hydrogen-bond acceptors (Lipinski definition) is 3. The van der Waals surface area contributed by atoms with Gasteiger partial charge in [0.05, 0.1) is 5.92 Å². The summed E-state index contributed by atoms with van der Waals surface area (Å²) in [7, 11) is 0. The lowest BCUT2D eigenvalue weighted by atomic mass is 10.1. The summed E-state index contributed by atoms with van der Waals surface area (Å²) in [6, 6.07) is 0. The molecule has 0 saturated carbocycles. The third-order valence-electron chi connectivity index (χ3n) is 1.96. The number of carboxylic acids is 1. The topological polar surface area (TPSA) is 83.6 Å². The van der Waals surface area contributed by atoms with Crippen molar-refractivity contribution in [3.63, 3.8) is 0 Å². The van der Waals surface area contributed by atoms with Gasteiger partial charge in [0.15, 0.2) is 0 Å². The molecule has 68 valence electrons. The van der Waals surface area contributed by atoms with Crippen molar-refractivity contribution in [1.29, 1.82) is 0 Å². The average molecular weight is 172 g/mol. The number of carbonyl (C=O) groups is 2. The first kappa shape index (κ1) is 8.99. The van der Waals surface area contributed by atoms with Gasteiger partial charge in [0, 0.05) is 26.1 Å². The first-order valence-corrected chi connectivity index (χ1v) is 3.85. The number of nitrogens with two attached hydrogens (primary N) is 1. The summed E-state index contributed by atoms with van der Waals surface area (Å²) in [6.07, 6.45) is 0.120. The Morgan fingerprint density at radius 1 is 1.75 bits per heavy atom. The van der Waals surface area contributed by atoms with Gasteiger partial charge in [-0.2, -0.15) is 0 Å². The summed E-state index contributed by atoms with van der Waals surface area (Å²) in [4.78, 5) is 23.1. The Bertz CT molecular complexity index is 205. The molecule has 0 aliphatic carbocycles. The predicted octanol–water partition coefficient (Wildman–Crippen LogP) is -1.12. The molecule has 3 N–H and O–H groups in total. The molecule has 1 atom stereocenters. The van der Waals surface area contributed by atoms with Gasteiger partial charge in [-0.15, -0.1) is 0 Å². The number of carbonyl (C=O) groups excluding carboxylic acids is 1. The predicted molar refractivity (Wildman–Crippen MR) is 41.4 cm³/mol. The SMILES string of the molecule is NCCN1C[C@@H](C(=O)O)CC1=O. The van der Waals surface area contributed by atoms with E-state index in [2.05, 4.69) is 0 Å². The quantitative estimate of drug-likeness (QED) is 0.564. The first-order valence-electron chi connectivity index (χ1n) is 3.85. The maximum atomic E-state index is 11.1. The minimum atomic E-state index is -0.900. The van der Waals surface area contributed by atoms with E-state index >= 15 is 0 Å². The molecule has 0 aromatic carbocycles. The Hall–Kier alpha value is -1.10. The second-order valence-corrected chi connectivity index (χ2v) is 2.87. The van der Waals surface area contributed by atoms with Gasteiger partial charge in [0.2, 0.25) is 5.91 Å². The monoisotopic (exact) mass is 172 g/mol. The molecule has 1 amide bonds. The van der Waals surface area contributed by atoms with Crippen molar-refractivity contribution in [2.24, 2.45) is 11.7 Å². The molecular weight excluding hydrogens is 160 g/mol. The molecule has 0 spiro atoms. The van der Waals surface area contributed by atoms with Crippen molar-refractivity contribution in [2.75, 3.05) is 19.6 Å². The lowest BCUT2D eigenvalue weighted by molar-refractivity contribution is -0.141. The maximum Gasteiger partial charge on any atom is 0.308 e. The molecule has 1 aliphatic rings. The van der Waals surface area contributed by atoms with Crippen LogP contribution in [0.5, 0.6) is 0 Å². The molecule has 1 heterocycles. The highest BCUT2D eigenvalue weighted by atomic mass is 16.4. The Balaban J connectivity index is 2.50. The van der Waals surface area contributed by atoms with E-state index in [0.717, 1.165) is 0 Å². The number of amides is 1. The fourth-order valence-electron chi connectivity index (χ4n) is 1.31. The van der Waals surface area contributed by atoms with E-state index in [1.807, 2.05) is 0 Å². The first-order chi connectivity index (χ1) is 5.65. The van der Waals surface area contributed by atoms with Crippen LogP contribution in [-0.4, -0.2) is 41.5 Å². The number of likely N-dealkylation sites (tertiary alicyclic amines) is 1. The van der Waals surface area contributed by atoms with Crippen molar-refractivity contribution in [1.82, 2.24) is 4.90 Å². The largest absolute Gasteiger partial charge is 0.481 e. The molecule has 1 aliphatic heterocycles. The summed E-state index contributed by atoms with van der Waals surface area (Å²) < 4.78 is 0. The van der Waals surface area contributed by atoms with Gasteiger partial charge in [-0.1, -0.05) is 0 Å². The van der Waals surface area contributed by atoms with Crippen molar-refractivity contribution >= 4 is 11.9 Å². The zero-order valence-corrected chi connectivity index (χ0v) is 6.69. The molecule has 1 saturated heterocycles. The number of hydrogen-bond donors (Lipinski definition) is 2. The molecule has 0 radical (unpaired) electrons. The Labute approximate surface area is 70.1 Å². The van der Waals surface area contributed by atoms with Gasteiger partial charge < -0.3 is 15.7 Å². The van der Waals surface area contributed by atoms with Crippen molar-refractivity contribution in [2.45, 2.75) is 6.42 Å². The lowest BCUT2D eigenvalue weighted by Crippen LogP contribution is -2.31. The zero-order valence-electron chi connectivity index (χ0n) is 6.69. The van der Waals surface area contributed by atoms with E-state index in [4.69, 9.17) is 10.8 Å². The number of carboxylic acid groups (broad SMARTS) is 1. The minimum absolute atomic E-state index is 0.104. The molecule has 0 unspecified atom stereocenters. The molecule has 5 nitrogen and oxygen atoms in total. The number of nitrogens with zero attached hydrogens (tertiary/aromatic N) is 1. The van der Waals surface area contributed by atoms with E-state index in [1.54, 1.807) is 0 Å². The smallest absolute Gasteiger partial charge is 0.308 e. The summed E-state index contributed by atoms with van der Waals surface area (Å²) in [5.41, 5.74) is 5.25. The highest BCUT2D eigenvalue weighted by Crippen LogP contribution is 2.16. The lowest BCUT2D eigenvalue weighted by Gasteiger charge is -2.13. The van der Waals surface area contributed by atoms with Crippen LogP contribution < -0.4 is 5.73 Å². The zero-order chi connectivity index (χ0) is 9.14. The Morgan fingerprint density at radius 3 is 2.83 bits per heavy atom. The van der Waals surface area contributed by atoms with E-state index in [1.165, 1.54) is 4.90 Å². The standard InChI is InChI=1S/C7H12N2O3/c8-1-2-9-4-5(7(11)12)3-6(9)10/h5H,1-4,8H2,(H,11,12)/t5-/m0/s1. The third kappa shape index (κ3) is 1.73. The van der Waals surface area contributed by atoms with Crippen LogP contribution in [0.25, 0.3) is 0 Å². The molecule has 5 heteroatoms. The van der Waals surface area contributed by atoms with Crippen LogP contribution in [0.1, 0.15) is 6.42 Å². The highest BCUT2D eigenvalue weighted by Gasteiger charge is 2.33. The van der Waals surface area contributed by atoms with Gasteiger partial charge >= 0.3 is 5.97 Å². The fraction of sp³-hybridized carbons (Fsp3) is 0.714. The molecule has 1 fully saturated rings. The van der Waals surface area contributed by atoms with Gasteiger partial charge in [-0.3, -0.25) is 9.59 Å². The van der Waals surface area contributed by atoms with E-state index in [0.29, 0.717) is 19.6 Å². The summed E-state index contributed by atoms with van der Waals surface area (Å²) in [5.74, 6) is -1.54.